The van der Waals surface area contributed by atoms with E-state index in [2.05, 4.69) is 32.1 Å². The number of methoxy groups -OCH3 is 2. The van der Waals surface area contributed by atoms with Crippen molar-refractivity contribution < 1.29 is 28.5 Å². The maximum atomic E-state index is 12.4. The van der Waals surface area contributed by atoms with Crippen molar-refractivity contribution in [1.29, 1.82) is 5.26 Å². The molecule has 2 aromatic carbocycles. The second-order valence-corrected chi connectivity index (χ2v) is 10.4. The van der Waals surface area contributed by atoms with Gasteiger partial charge < -0.3 is 23.7 Å². The van der Waals surface area contributed by atoms with Crippen molar-refractivity contribution >= 4 is 50.9 Å². The molecule has 0 aliphatic carbocycles. The summed E-state index contributed by atoms with van der Waals surface area (Å²) >= 11 is 15.7. The molecule has 1 aliphatic heterocycles. The summed E-state index contributed by atoms with van der Waals surface area (Å²) in [5.41, 5.74) is 2.75. The van der Waals surface area contributed by atoms with Gasteiger partial charge in [-0.2, -0.15) is 10.3 Å². The van der Waals surface area contributed by atoms with Crippen molar-refractivity contribution in [1.82, 2.24) is 9.99 Å². The molecule has 214 valence electrons. The van der Waals surface area contributed by atoms with Crippen LogP contribution in [0.3, 0.4) is 0 Å². The van der Waals surface area contributed by atoms with Crippen LogP contribution >= 0.6 is 39.1 Å². The smallest absolute Gasteiger partial charge is 0.243 e. The SMILES string of the molecule is COCc1c(Br)c(C)nc(OC[C@H]2OC(c3ccc(OCc4ccc(Cl)cc4Cl)c(OC)c3)=NN2C(C)=O)c1C#N. The molecule has 0 unspecified atom stereocenters. The molecule has 0 N–H and O–H groups in total. The number of aryl methyl sites for hydroxylation is 1. The number of aromatic nitrogens is 1. The molecule has 0 bridgehead atoms. The normalized spacial score (nSPS) is 14.2. The molecule has 1 aromatic heterocycles. The number of hydrogen-bond acceptors (Lipinski definition) is 9. The second kappa shape index (κ2) is 13.4. The van der Waals surface area contributed by atoms with Gasteiger partial charge in [-0.15, -0.1) is 5.10 Å². The number of amides is 1. The maximum Gasteiger partial charge on any atom is 0.243 e. The molecule has 4 rings (SSSR count). The lowest BCUT2D eigenvalue weighted by Gasteiger charge is -2.20. The van der Waals surface area contributed by atoms with E-state index < -0.39 is 6.23 Å². The largest absolute Gasteiger partial charge is 0.493 e. The van der Waals surface area contributed by atoms with Crippen molar-refractivity contribution in [2.75, 3.05) is 20.8 Å². The van der Waals surface area contributed by atoms with Crippen LogP contribution in [0.15, 0.2) is 46.0 Å². The number of ether oxygens (including phenoxy) is 5. The van der Waals surface area contributed by atoms with Crippen LogP contribution in [0.4, 0.5) is 0 Å². The molecule has 1 aliphatic rings. The Bertz CT molecular complexity index is 1540. The molecule has 0 spiro atoms. The standard InChI is InChI=1S/C28H25BrCl2N4O6/c1-15-26(29)21(13-37-3)20(11-32)28(33-15)40-14-25-35(16(2)36)34-27(41-25)17-6-8-23(24(9-17)38-4)39-12-18-5-7-19(30)10-22(18)31/h5-10,25H,12-14H2,1-4H3/t25-/m1/s1. The first-order valence-electron chi connectivity index (χ1n) is 12.2. The van der Waals surface area contributed by atoms with Gasteiger partial charge in [-0.1, -0.05) is 29.3 Å². The first-order valence-corrected chi connectivity index (χ1v) is 13.7. The van der Waals surface area contributed by atoms with Gasteiger partial charge in [-0.25, -0.2) is 4.98 Å². The molecule has 41 heavy (non-hydrogen) atoms. The average molecular weight is 664 g/mol. The Morgan fingerprint density at radius 1 is 1.15 bits per heavy atom. The summed E-state index contributed by atoms with van der Waals surface area (Å²) in [4.78, 5) is 16.8. The molecule has 2 heterocycles. The Morgan fingerprint density at radius 3 is 2.59 bits per heavy atom. The fraction of sp³-hybridized carbons (Fsp3) is 0.286. The highest BCUT2D eigenvalue weighted by Gasteiger charge is 2.33. The summed E-state index contributed by atoms with van der Waals surface area (Å²) in [7, 11) is 3.04. The van der Waals surface area contributed by atoms with Crippen LogP contribution in [0.2, 0.25) is 10.0 Å². The Labute approximate surface area is 255 Å². The van der Waals surface area contributed by atoms with Crippen molar-refractivity contribution in [3.05, 3.63) is 78.9 Å². The number of nitriles is 1. The Hall–Kier alpha value is -3.56. The molecule has 0 fully saturated rings. The first kappa shape index (κ1) is 30.4. The van der Waals surface area contributed by atoms with Crippen LogP contribution in [0, 0.1) is 18.3 Å². The molecular formula is C28H25BrCl2N4O6. The molecule has 0 saturated carbocycles. The van der Waals surface area contributed by atoms with E-state index in [4.69, 9.17) is 46.9 Å². The molecule has 13 heteroatoms. The highest BCUT2D eigenvalue weighted by Crippen LogP contribution is 2.33. The van der Waals surface area contributed by atoms with Crippen LogP contribution in [0.5, 0.6) is 17.4 Å². The van der Waals surface area contributed by atoms with E-state index in [1.165, 1.54) is 26.2 Å². The number of carbonyl (C=O) groups excluding carboxylic acids is 1. The number of hydrogen-bond donors (Lipinski definition) is 0. The van der Waals surface area contributed by atoms with Crippen LogP contribution in [0.1, 0.15) is 34.9 Å². The molecule has 3 aromatic rings. The van der Waals surface area contributed by atoms with Crippen molar-refractivity contribution in [2.24, 2.45) is 5.10 Å². The molecular weight excluding hydrogens is 639 g/mol. The van der Waals surface area contributed by atoms with Crippen LogP contribution in [0.25, 0.3) is 0 Å². The lowest BCUT2D eigenvalue weighted by Crippen LogP contribution is -2.37. The average Bonchev–Trinajstić information content (AvgIpc) is 3.39. The number of hydrazone groups is 1. The van der Waals surface area contributed by atoms with Gasteiger partial charge in [0, 0.05) is 45.2 Å². The van der Waals surface area contributed by atoms with Gasteiger partial charge in [-0.05, 0) is 53.2 Å². The minimum Gasteiger partial charge on any atom is -0.493 e. The summed E-state index contributed by atoms with van der Waals surface area (Å²) in [6, 6.07) is 12.4. The molecule has 10 nitrogen and oxygen atoms in total. The lowest BCUT2D eigenvalue weighted by molar-refractivity contribution is -0.136. The number of rotatable bonds is 10. The number of halogens is 3. The predicted octanol–water partition coefficient (Wildman–Crippen LogP) is 6.01. The number of pyridine rings is 1. The number of nitrogens with zero attached hydrogens (tertiary/aromatic N) is 4. The van der Waals surface area contributed by atoms with E-state index in [-0.39, 0.29) is 43.1 Å². The zero-order valence-corrected chi connectivity index (χ0v) is 25.6. The molecule has 1 amide bonds. The van der Waals surface area contributed by atoms with E-state index >= 15 is 0 Å². The zero-order chi connectivity index (χ0) is 29.7. The fourth-order valence-electron chi connectivity index (χ4n) is 3.95. The Kier molecular flexibility index (Phi) is 9.94. The Morgan fingerprint density at radius 2 is 1.93 bits per heavy atom. The van der Waals surface area contributed by atoms with Crippen LogP contribution in [-0.4, -0.2) is 48.9 Å². The third-order valence-electron chi connectivity index (χ3n) is 5.98. The molecule has 0 saturated heterocycles. The van der Waals surface area contributed by atoms with Crippen LogP contribution < -0.4 is 14.2 Å². The summed E-state index contributed by atoms with van der Waals surface area (Å²) in [6.07, 6.45) is -0.903. The zero-order valence-electron chi connectivity index (χ0n) is 22.5. The number of carbonyl (C=O) groups is 1. The lowest BCUT2D eigenvalue weighted by atomic mass is 10.1. The highest BCUT2D eigenvalue weighted by atomic mass is 79.9. The van der Waals surface area contributed by atoms with E-state index in [1.54, 1.807) is 43.3 Å². The van der Waals surface area contributed by atoms with Gasteiger partial charge in [0.25, 0.3) is 0 Å². The van der Waals surface area contributed by atoms with Gasteiger partial charge in [0.15, 0.2) is 11.5 Å². The summed E-state index contributed by atoms with van der Waals surface area (Å²) in [5.74, 6) is 0.814. The van der Waals surface area contributed by atoms with Gasteiger partial charge in [0.05, 0.1) is 19.4 Å². The molecule has 0 radical (unpaired) electrons. The quantitative estimate of drug-likeness (QED) is 0.259. The van der Waals surface area contributed by atoms with Gasteiger partial charge in [-0.3, -0.25) is 4.79 Å². The summed E-state index contributed by atoms with van der Waals surface area (Å²) in [5, 5.41) is 16.3. The van der Waals surface area contributed by atoms with E-state index in [9.17, 15) is 10.1 Å². The third kappa shape index (κ3) is 6.85. The van der Waals surface area contributed by atoms with E-state index in [1.807, 2.05) is 0 Å². The monoisotopic (exact) mass is 662 g/mol. The Balaban J connectivity index is 1.51. The van der Waals surface area contributed by atoms with E-state index in [0.717, 1.165) is 5.56 Å². The van der Waals surface area contributed by atoms with Crippen molar-refractivity contribution in [3.8, 4) is 23.4 Å². The summed E-state index contributed by atoms with van der Waals surface area (Å²) in [6.45, 7) is 3.38. The number of benzene rings is 2. The van der Waals surface area contributed by atoms with Gasteiger partial charge in [0.2, 0.25) is 23.9 Å². The fourth-order valence-corrected chi connectivity index (χ4v) is 4.81. The molecule has 1 atom stereocenters. The summed E-state index contributed by atoms with van der Waals surface area (Å²) < 4.78 is 29.2. The maximum absolute atomic E-state index is 12.4. The van der Waals surface area contributed by atoms with Gasteiger partial charge >= 0.3 is 0 Å². The first-order chi connectivity index (χ1) is 19.7. The minimum absolute atomic E-state index is 0.102. The van der Waals surface area contributed by atoms with Crippen molar-refractivity contribution in [2.45, 2.75) is 33.3 Å². The second-order valence-electron chi connectivity index (χ2n) is 8.76. The third-order valence-corrected chi connectivity index (χ3v) is 7.62. The van der Waals surface area contributed by atoms with E-state index in [0.29, 0.717) is 42.8 Å². The van der Waals surface area contributed by atoms with Gasteiger partial charge in [0.1, 0.15) is 24.8 Å². The van der Waals surface area contributed by atoms with Crippen molar-refractivity contribution in [3.63, 3.8) is 0 Å². The topological polar surface area (TPSA) is 116 Å². The predicted molar refractivity (Wildman–Crippen MR) is 155 cm³/mol. The van der Waals surface area contributed by atoms with Crippen LogP contribution in [-0.2, 0) is 27.5 Å². The highest BCUT2D eigenvalue weighted by molar-refractivity contribution is 9.10. The minimum atomic E-state index is -0.903.